The van der Waals surface area contributed by atoms with Gasteiger partial charge in [-0.05, 0) is 31.3 Å². The average molecular weight is 394 g/mol. The lowest BCUT2D eigenvalue weighted by Crippen LogP contribution is -2.28. The van der Waals surface area contributed by atoms with E-state index in [1.165, 1.54) is 0 Å². The maximum atomic E-state index is 13.5. The van der Waals surface area contributed by atoms with Crippen molar-refractivity contribution >= 4 is 33.0 Å². The first-order valence-electron chi connectivity index (χ1n) is 9.90. The molecule has 7 nitrogen and oxygen atoms in total. The molecule has 29 heavy (non-hydrogen) atoms. The van der Waals surface area contributed by atoms with Crippen LogP contribution in [0.2, 0.25) is 0 Å². The molecule has 2 aromatic heterocycles. The van der Waals surface area contributed by atoms with E-state index >= 15 is 0 Å². The van der Waals surface area contributed by atoms with Crippen molar-refractivity contribution in [3.8, 4) is 11.5 Å². The Morgan fingerprint density at radius 2 is 1.83 bits per heavy atom. The molecular weight excluding hydrogens is 368 g/mol. The molecule has 0 atom stereocenters. The van der Waals surface area contributed by atoms with Gasteiger partial charge >= 0.3 is 0 Å². The topological polar surface area (TPSA) is 68.1 Å². The number of nitrogens with zero attached hydrogens (tertiary/aromatic N) is 3. The van der Waals surface area contributed by atoms with Crippen LogP contribution < -0.4 is 20.2 Å². The van der Waals surface area contributed by atoms with Crippen LogP contribution in [-0.2, 0) is 0 Å². The highest BCUT2D eigenvalue weighted by molar-refractivity contribution is 6.07. The Kier molecular flexibility index (Phi) is 5.15. The molecular formula is C22H26N4O3. The van der Waals surface area contributed by atoms with Crippen LogP contribution in [0, 0.1) is 0 Å². The minimum atomic E-state index is -0.0371. The summed E-state index contributed by atoms with van der Waals surface area (Å²) in [6.45, 7) is 8.00. The second-order valence-electron chi connectivity index (χ2n) is 6.98. The van der Waals surface area contributed by atoms with E-state index < -0.39 is 0 Å². The molecule has 4 aromatic rings. The maximum Gasteiger partial charge on any atom is 0.199 e. The monoisotopic (exact) mass is 394 g/mol. The standard InChI is InChI=1S/C22H26N4O3/c1-5-25(6-2)10-9-23-15-7-8-16-21-20(15)22(27)14-11-18(28-3)19(29-4)12-17(14)26(21)13-24-16/h7-8,11-13,23H,5-6,9-10H2,1-4H3. The third kappa shape index (κ3) is 3.11. The number of hydrogen-bond donors (Lipinski definition) is 1. The smallest absolute Gasteiger partial charge is 0.199 e. The van der Waals surface area contributed by atoms with Crippen LogP contribution in [0.3, 0.4) is 0 Å². The number of fused-ring (bicyclic) bond motifs is 2. The van der Waals surface area contributed by atoms with Crippen LogP contribution in [0.5, 0.6) is 11.5 Å². The van der Waals surface area contributed by atoms with Gasteiger partial charge in [-0.1, -0.05) is 13.8 Å². The summed E-state index contributed by atoms with van der Waals surface area (Å²) < 4.78 is 12.8. The number of pyridine rings is 1. The summed E-state index contributed by atoms with van der Waals surface area (Å²) in [5, 5.41) is 4.69. The van der Waals surface area contributed by atoms with Gasteiger partial charge in [0, 0.05) is 24.8 Å². The third-order valence-electron chi connectivity index (χ3n) is 5.58. The van der Waals surface area contributed by atoms with Crippen molar-refractivity contribution < 1.29 is 9.47 Å². The van der Waals surface area contributed by atoms with Crippen molar-refractivity contribution in [3.63, 3.8) is 0 Å². The van der Waals surface area contributed by atoms with Crippen molar-refractivity contribution in [2.45, 2.75) is 13.8 Å². The molecule has 4 rings (SSSR count). The highest BCUT2D eigenvalue weighted by Gasteiger charge is 2.18. The van der Waals surface area contributed by atoms with E-state index in [2.05, 4.69) is 29.0 Å². The number of imidazole rings is 1. The molecule has 0 radical (unpaired) electrons. The van der Waals surface area contributed by atoms with Gasteiger partial charge in [0.25, 0.3) is 0 Å². The normalized spacial score (nSPS) is 11.8. The summed E-state index contributed by atoms with van der Waals surface area (Å²) in [5.74, 6) is 1.12. The average Bonchev–Trinajstić information content (AvgIpc) is 3.19. The number of benzene rings is 2. The van der Waals surface area contributed by atoms with E-state index in [-0.39, 0.29) is 5.43 Å². The highest BCUT2D eigenvalue weighted by atomic mass is 16.5. The molecule has 0 aliphatic heterocycles. The van der Waals surface area contributed by atoms with E-state index in [1.54, 1.807) is 26.6 Å². The Morgan fingerprint density at radius 3 is 2.52 bits per heavy atom. The number of methoxy groups -OCH3 is 2. The Morgan fingerprint density at radius 1 is 1.10 bits per heavy atom. The fourth-order valence-electron chi connectivity index (χ4n) is 3.94. The number of rotatable bonds is 8. The molecule has 7 heteroatoms. The van der Waals surface area contributed by atoms with Crippen LogP contribution in [0.25, 0.3) is 27.3 Å². The second-order valence-corrected chi connectivity index (χ2v) is 6.98. The molecule has 0 spiro atoms. The van der Waals surface area contributed by atoms with Crippen LogP contribution in [0.15, 0.2) is 35.4 Å². The first-order valence-corrected chi connectivity index (χ1v) is 9.90. The number of aromatic nitrogens is 2. The lowest BCUT2D eigenvalue weighted by molar-refractivity contribution is 0.316. The van der Waals surface area contributed by atoms with E-state index in [4.69, 9.17) is 9.47 Å². The predicted molar refractivity (Wildman–Crippen MR) is 117 cm³/mol. The van der Waals surface area contributed by atoms with Crippen molar-refractivity contribution in [1.29, 1.82) is 0 Å². The zero-order valence-corrected chi connectivity index (χ0v) is 17.3. The van der Waals surface area contributed by atoms with Gasteiger partial charge < -0.3 is 19.7 Å². The Balaban J connectivity index is 1.90. The van der Waals surface area contributed by atoms with Gasteiger partial charge in [-0.2, -0.15) is 0 Å². The van der Waals surface area contributed by atoms with Crippen molar-refractivity contribution in [3.05, 3.63) is 40.8 Å². The Labute approximate surface area is 169 Å². The zero-order chi connectivity index (χ0) is 20.5. The van der Waals surface area contributed by atoms with Gasteiger partial charge in [-0.15, -0.1) is 0 Å². The first kappa shape index (κ1) is 19.3. The summed E-state index contributed by atoms with van der Waals surface area (Å²) in [5.41, 5.74) is 3.16. The molecule has 0 amide bonds. The molecule has 0 aliphatic carbocycles. The minimum Gasteiger partial charge on any atom is -0.493 e. The lowest BCUT2D eigenvalue weighted by atomic mass is 10.1. The molecule has 0 unspecified atom stereocenters. The molecule has 0 bridgehead atoms. The molecule has 1 N–H and O–H groups in total. The zero-order valence-electron chi connectivity index (χ0n) is 17.3. The third-order valence-corrected chi connectivity index (χ3v) is 5.58. The van der Waals surface area contributed by atoms with Crippen LogP contribution in [0.1, 0.15) is 13.8 Å². The number of hydrogen-bond acceptors (Lipinski definition) is 6. The Bertz CT molecular complexity index is 1210. The second kappa shape index (κ2) is 7.75. The maximum absolute atomic E-state index is 13.5. The first-order chi connectivity index (χ1) is 14.1. The number of nitrogens with one attached hydrogen (secondary N) is 1. The van der Waals surface area contributed by atoms with Gasteiger partial charge in [0.05, 0.1) is 41.5 Å². The van der Waals surface area contributed by atoms with Gasteiger partial charge in [0.1, 0.15) is 6.33 Å². The summed E-state index contributed by atoms with van der Waals surface area (Å²) in [6.07, 6.45) is 1.75. The van der Waals surface area contributed by atoms with E-state index in [0.717, 1.165) is 48.4 Å². The summed E-state index contributed by atoms with van der Waals surface area (Å²) in [4.78, 5) is 20.3. The fraction of sp³-hybridized carbons (Fsp3) is 0.364. The fourth-order valence-corrected chi connectivity index (χ4v) is 3.94. The lowest BCUT2D eigenvalue weighted by Gasteiger charge is -2.19. The molecule has 0 fully saturated rings. The molecule has 0 saturated carbocycles. The van der Waals surface area contributed by atoms with Crippen LogP contribution in [0.4, 0.5) is 5.69 Å². The molecule has 2 heterocycles. The van der Waals surface area contributed by atoms with Gasteiger partial charge in [-0.3, -0.25) is 9.20 Å². The predicted octanol–water partition coefficient (Wildman–Crippen LogP) is 3.21. The molecule has 152 valence electrons. The Hall–Kier alpha value is -3.06. The molecule has 2 aromatic carbocycles. The molecule has 0 saturated heterocycles. The van der Waals surface area contributed by atoms with Crippen molar-refractivity contribution in [1.82, 2.24) is 14.3 Å². The number of ether oxygens (including phenoxy) is 2. The summed E-state index contributed by atoms with van der Waals surface area (Å²) in [6, 6.07) is 7.48. The van der Waals surface area contributed by atoms with Gasteiger partial charge in [0.2, 0.25) is 0 Å². The highest BCUT2D eigenvalue weighted by Crippen LogP contribution is 2.34. The van der Waals surface area contributed by atoms with Crippen molar-refractivity contribution in [2.75, 3.05) is 45.7 Å². The van der Waals surface area contributed by atoms with Crippen LogP contribution in [-0.4, -0.2) is 54.7 Å². The van der Waals surface area contributed by atoms with Crippen LogP contribution >= 0.6 is 0 Å². The number of likely N-dealkylation sites (N-methyl/N-ethyl adjacent to an activating group) is 1. The van der Waals surface area contributed by atoms with Gasteiger partial charge in [-0.25, -0.2) is 4.98 Å². The van der Waals surface area contributed by atoms with E-state index in [1.807, 2.05) is 22.6 Å². The van der Waals surface area contributed by atoms with E-state index in [0.29, 0.717) is 22.3 Å². The quantitative estimate of drug-likeness (QED) is 0.463. The van der Waals surface area contributed by atoms with E-state index in [9.17, 15) is 4.79 Å². The number of anilines is 1. The minimum absolute atomic E-state index is 0.0371. The summed E-state index contributed by atoms with van der Waals surface area (Å²) in [7, 11) is 3.16. The molecule has 0 aliphatic rings. The van der Waals surface area contributed by atoms with Crippen molar-refractivity contribution in [2.24, 2.45) is 0 Å². The largest absolute Gasteiger partial charge is 0.493 e. The SMILES string of the molecule is CCN(CC)CCNc1ccc2ncn3c4cc(OC)c(OC)cc4c(=O)c1c23. The van der Waals surface area contributed by atoms with Gasteiger partial charge in [0.15, 0.2) is 16.9 Å². The summed E-state index contributed by atoms with van der Waals surface area (Å²) >= 11 is 0.